The number of halogens is 3. The second-order valence-corrected chi connectivity index (χ2v) is 5.45. The molecular formula is C16H19F3N4O2. The van der Waals surface area contributed by atoms with Gasteiger partial charge in [0.05, 0.1) is 19.9 Å². The molecule has 136 valence electrons. The van der Waals surface area contributed by atoms with Gasteiger partial charge in [0.25, 0.3) is 0 Å². The lowest BCUT2D eigenvalue weighted by molar-refractivity contribution is -0.141. The van der Waals surface area contributed by atoms with Crippen LogP contribution in [0.4, 0.5) is 30.6 Å². The summed E-state index contributed by atoms with van der Waals surface area (Å²) in [6, 6.07) is 5.62. The normalized spacial score (nSPS) is 11.4. The zero-order chi connectivity index (χ0) is 18.6. The van der Waals surface area contributed by atoms with Gasteiger partial charge in [0.15, 0.2) is 5.69 Å². The topological polar surface area (TPSA) is 68.3 Å². The van der Waals surface area contributed by atoms with E-state index in [-0.39, 0.29) is 17.8 Å². The van der Waals surface area contributed by atoms with Crippen LogP contribution in [0.3, 0.4) is 0 Å². The van der Waals surface area contributed by atoms with Gasteiger partial charge in [0.2, 0.25) is 5.95 Å². The third-order valence-corrected chi connectivity index (χ3v) is 3.11. The second-order valence-electron chi connectivity index (χ2n) is 5.45. The van der Waals surface area contributed by atoms with E-state index in [0.29, 0.717) is 17.2 Å². The number of nitrogens with one attached hydrogen (secondary N) is 2. The summed E-state index contributed by atoms with van der Waals surface area (Å²) >= 11 is 0. The van der Waals surface area contributed by atoms with Crippen LogP contribution in [0.2, 0.25) is 0 Å². The molecule has 0 saturated carbocycles. The third kappa shape index (κ3) is 4.88. The molecule has 2 N–H and O–H groups in total. The molecule has 25 heavy (non-hydrogen) atoms. The number of aromatic nitrogens is 2. The van der Waals surface area contributed by atoms with E-state index >= 15 is 0 Å². The Kier molecular flexibility index (Phi) is 5.55. The van der Waals surface area contributed by atoms with Gasteiger partial charge in [-0.15, -0.1) is 0 Å². The maximum Gasteiger partial charge on any atom is 0.433 e. The van der Waals surface area contributed by atoms with E-state index in [1.165, 1.54) is 14.2 Å². The fraction of sp³-hybridized carbons (Fsp3) is 0.375. The molecule has 0 aliphatic carbocycles. The first-order valence-corrected chi connectivity index (χ1v) is 7.44. The number of alkyl halides is 3. The van der Waals surface area contributed by atoms with Gasteiger partial charge in [0.1, 0.15) is 17.3 Å². The monoisotopic (exact) mass is 356 g/mol. The number of hydrogen-bond donors (Lipinski definition) is 2. The van der Waals surface area contributed by atoms with Crippen LogP contribution in [0.15, 0.2) is 24.3 Å². The molecule has 0 aliphatic heterocycles. The largest absolute Gasteiger partial charge is 0.497 e. The molecule has 1 aromatic carbocycles. The van der Waals surface area contributed by atoms with Crippen molar-refractivity contribution in [1.82, 2.24) is 9.97 Å². The van der Waals surface area contributed by atoms with Crippen molar-refractivity contribution in [2.45, 2.75) is 26.1 Å². The maximum atomic E-state index is 13.1. The molecule has 2 aromatic rings. The average Bonchev–Trinajstić information content (AvgIpc) is 2.53. The molecule has 0 unspecified atom stereocenters. The zero-order valence-electron chi connectivity index (χ0n) is 14.2. The minimum atomic E-state index is -4.59. The van der Waals surface area contributed by atoms with Crippen LogP contribution in [0.1, 0.15) is 19.5 Å². The van der Waals surface area contributed by atoms with E-state index in [9.17, 15) is 13.2 Å². The minimum absolute atomic E-state index is 0.00561. The lowest BCUT2D eigenvalue weighted by atomic mass is 10.2. The van der Waals surface area contributed by atoms with Gasteiger partial charge >= 0.3 is 6.18 Å². The quantitative estimate of drug-likeness (QED) is 0.813. The number of rotatable bonds is 6. The van der Waals surface area contributed by atoms with E-state index in [2.05, 4.69) is 20.6 Å². The van der Waals surface area contributed by atoms with Crippen LogP contribution in [0.5, 0.6) is 11.5 Å². The summed E-state index contributed by atoms with van der Waals surface area (Å²) in [6.07, 6.45) is -4.59. The molecule has 0 amide bonds. The van der Waals surface area contributed by atoms with E-state index < -0.39 is 11.9 Å². The van der Waals surface area contributed by atoms with Crippen LogP contribution in [-0.4, -0.2) is 30.2 Å². The lowest BCUT2D eigenvalue weighted by Crippen LogP contribution is -2.17. The molecule has 0 radical (unpaired) electrons. The van der Waals surface area contributed by atoms with Gasteiger partial charge in [-0.2, -0.15) is 18.2 Å². The molecule has 0 bridgehead atoms. The first-order valence-electron chi connectivity index (χ1n) is 7.44. The SMILES string of the molecule is COc1ccc(Nc2cc(C(F)(F)F)nc(NC(C)C)n2)c(OC)c1. The van der Waals surface area contributed by atoms with Crippen molar-refractivity contribution in [2.24, 2.45) is 0 Å². The Labute approximate surface area is 143 Å². The highest BCUT2D eigenvalue weighted by molar-refractivity contribution is 5.66. The first kappa shape index (κ1) is 18.6. The molecule has 9 heteroatoms. The predicted octanol–water partition coefficient (Wildman–Crippen LogP) is 4.08. The third-order valence-electron chi connectivity index (χ3n) is 3.11. The van der Waals surface area contributed by atoms with Crippen LogP contribution in [0.25, 0.3) is 0 Å². The standard InChI is InChI=1S/C16H19F3N4O2/c1-9(2)20-15-22-13(16(17,18)19)8-14(23-15)21-11-6-5-10(24-3)7-12(11)25-4/h5-9H,1-4H3,(H2,20,21,22,23). The predicted molar refractivity (Wildman–Crippen MR) is 88.6 cm³/mol. The highest BCUT2D eigenvalue weighted by Crippen LogP contribution is 2.34. The van der Waals surface area contributed by atoms with Gasteiger partial charge < -0.3 is 20.1 Å². The fourth-order valence-corrected chi connectivity index (χ4v) is 2.02. The molecule has 2 rings (SSSR count). The van der Waals surface area contributed by atoms with Gasteiger partial charge in [-0.3, -0.25) is 0 Å². The second kappa shape index (κ2) is 7.45. The zero-order valence-corrected chi connectivity index (χ0v) is 14.2. The fourth-order valence-electron chi connectivity index (χ4n) is 2.02. The summed E-state index contributed by atoms with van der Waals surface area (Å²) in [5.74, 6) is 0.849. The molecule has 0 saturated heterocycles. The Morgan fingerprint density at radius 2 is 1.76 bits per heavy atom. The van der Waals surface area contributed by atoms with Crippen molar-refractivity contribution >= 4 is 17.5 Å². The number of methoxy groups -OCH3 is 2. The summed E-state index contributed by atoms with van der Waals surface area (Å²) in [7, 11) is 2.96. The van der Waals surface area contributed by atoms with Crippen molar-refractivity contribution in [3.63, 3.8) is 0 Å². The van der Waals surface area contributed by atoms with Crippen molar-refractivity contribution < 1.29 is 22.6 Å². The van der Waals surface area contributed by atoms with E-state index in [1.807, 2.05) is 0 Å². The van der Waals surface area contributed by atoms with Crippen molar-refractivity contribution in [2.75, 3.05) is 24.9 Å². The van der Waals surface area contributed by atoms with Crippen LogP contribution < -0.4 is 20.1 Å². The van der Waals surface area contributed by atoms with E-state index in [1.54, 1.807) is 32.0 Å². The molecular weight excluding hydrogens is 337 g/mol. The number of anilines is 3. The van der Waals surface area contributed by atoms with E-state index in [0.717, 1.165) is 6.07 Å². The lowest BCUT2D eigenvalue weighted by Gasteiger charge is -2.15. The molecule has 1 heterocycles. The average molecular weight is 356 g/mol. The highest BCUT2D eigenvalue weighted by Gasteiger charge is 2.34. The Balaban J connectivity index is 2.41. The molecule has 1 aromatic heterocycles. The maximum absolute atomic E-state index is 13.1. The first-order chi connectivity index (χ1) is 11.7. The summed E-state index contributed by atoms with van der Waals surface area (Å²) in [5.41, 5.74) is -0.591. The molecule has 0 atom stereocenters. The molecule has 0 spiro atoms. The van der Waals surface area contributed by atoms with Gasteiger partial charge in [0, 0.05) is 18.2 Å². The van der Waals surface area contributed by atoms with Crippen LogP contribution >= 0.6 is 0 Å². The van der Waals surface area contributed by atoms with Crippen molar-refractivity contribution in [1.29, 1.82) is 0 Å². The summed E-state index contributed by atoms with van der Waals surface area (Å²) < 4.78 is 49.6. The van der Waals surface area contributed by atoms with Crippen LogP contribution in [-0.2, 0) is 6.18 Å². The minimum Gasteiger partial charge on any atom is -0.497 e. The van der Waals surface area contributed by atoms with Crippen LogP contribution in [0, 0.1) is 0 Å². The van der Waals surface area contributed by atoms with Crippen molar-refractivity contribution in [3.8, 4) is 11.5 Å². The van der Waals surface area contributed by atoms with Crippen molar-refractivity contribution in [3.05, 3.63) is 30.0 Å². The number of hydrogen-bond acceptors (Lipinski definition) is 6. The molecule has 6 nitrogen and oxygen atoms in total. The number of nitrogens with zero attached hydrogens (tertiary/aromatic N) is 2. The Bertz CT molecular complexity index is 736. The molecule has 0 aliphatic rings. The Hall–Kier alpha value is -2.71. The highest BCUT2D eigenvalue weighted by atomic mass is 19.4. The number of benzene rings is 1. The molecule has 0 fully saturated rings. The summed E-state index contributed by atoms with van der Waals surface area (Å²) in [6.45, 7) is 3.56. The van der Waals surface area contributed by atoms with E-state index in [4.69, 9.17) is 9.47 Å². The Morgan fingerprint density at radius 3 is 2.32 bits per heavy atom. The Morgan fingerprint density at radius 1 is 1.04 bits per heavy atom. The van der Waals surface area contributed by atoms with Gasteiger partial charge in [-0.05, 0) is 26.0 Å². The summed E-state index contributed by atoms with van der Waals surface area (Å²) in [5, 5.41) is 5.61. The summed E-state index contributed by atoms with van der Waals surface area (Å²) in [4.78, 5) is 7.60. The van der Waals surface area contributed by atoms with Gasteiger partial charge in [-0.1, -0.05) is 0 Å². The van der Waals surface area contributed by atoms with Gasteiger partial charge in [-0.25, -0.2) is 4.98 Å². The number of ether oxygens (including phenoxy) is 2. The smallest absolute Gasteiger partial charge is 0.433 e.